The normalized spacial score (nSPS) is 18.1. The number of pyridine rings is 1. The molecule has 0 atom stereocenters. The summed E-state index contributed by atoms with van der Waals surface area (Å²) in [7, 11) is 0. The van der Waals surface area contributed by atoms with Gasteiger partial charge in [0.1, 0.15) is 5.65 Å². The quantitative estimate of drug-likeness (QED) is 0.852. The lowest BCUT2D eigenvalue weighted by molar-refractivity contribution is 0.116. The zero-order chi connectivity index (χ0) is 13.9. The minimum absolute atomic E-state index is 0.764. The molecule has 0 unspecified atom stereocenters. The van der Waals surface area contributed by atoms with E-state index in [1.54, 1.807) is 0 Å². The number of piperazine rings is 1. The van der Waals surface area contributed by atoms with Crippen LogP contribution in [0.15, 0.2) is 30.6 Å². The van der Waals surface area contributed by atoms with Crippen LogP contribution in [-0.4, -0.2) is 51.9 Å². The molecule has 108 valence electrons. The van der Waals surface area contributed by atoms with Crippen LogP contribution in [0.25, 0.3) is 5.65 Å². The first-order valence-corrected chi connectivity index (χ1v) is 7.58. The maximum absolute atomic E-state index is 4.68. The first kappa shape index (κ1) is 13.6. The van der Waals surface area contributed by atoms with Gasteiger partial charge in [-0.25, -0.2) is 4.98 Å². The summed E-state index contributed by atoms with van der Waals surface area (Å²) in [5.41, 5.74) is 2.22. The molecule has 0 saturated carbocycles. The Balaban J connectivity index is 1.56. The largest absolute Gasteiger partial charge is 0.307 e. The zero-order valence-corrected chi connectivity index (χ0v) is 12.5. The summed E-state index contributed by atoms with van der Waals surface area (Å²) >= 11 is 0. The molecule has 0 radical (unpaired) electrons. The predicted molar refractivity (Wildman–Crippen MR) is 81.7 cm³/mol. The van der Waals surface area contributed by atoms with Gasteiger partial charge in [-0.2, -0.15) is 0 Å². The van der Waals surface area contributed by atoms with Crippen LogP contribution in [0.3, 0.4) is 0 Å². The summed E-state index contributed by atoms with van der Waals surface area (Å²) in [6, 6.07) is 6.14. The molecule has 0 N–H and O–H groups in total. The number of nitrogens with zero attached hydrogens (tertiary/aromatic N) is 4. The zero-order valence-electron chi connectivity index (χ0n) is 12.5. The molecule has 4 heteroatoms. The minimum atomic E-state index is 0.764. The lowest BCUT2D eigenvalue weighted by Crippen LogP contribution is -2.46. The van der Waals surface area contributed by atoms with Crippen molar-refractivity contribution in [3.8, 4) is 0 Å². The van der Waals surface area contributed by atoms with Crippen molar-refractivity contribution in [1.29, 1.82) is 0 Å². The molecular formula is C16H24N4. The van der Waals surface area contributed by atoms with Gasteiger partial charge >= 0.3 is 0 Å². The van der Waals surface area contributed by atoms with E-state index >= 15 is 0 Å². The molecule has 20 heavy (non-hydrogen) atoms. The van der Waals surface area contributed by atoms with E-state index < -0.39 is 0 Å². The highest BCUT2D eigenvalue weighted by Crippen LogP contribution is 2.10. The SMILES string of the molecule is CC(C)CN1CCN(Cc2cn3ccccc3n2)CC1. The van der Waals surface area contributed by atoms with Gasteiger partial charge in [0.25, 0.3) is 0 Å². The van der Waals surface area contributed by atoms with E-state index in [4.69, 9.17) is 0 Å². The molecule has 1 saturated heterocycles. The highest BCUT2D eigenvalue weighted by molar-refractivity contribution is 5.39. The van der Waals surface area contributed by atoms with Crippen molar-refractivity contribution < 1.29 is 0 Å². The van der Waals surface area contributed by atoms with Crippen molar-refractivity contribution in [1.82, 2.24) is 19.2 Å². The molecule has 0 aliphatic carbocycles. The van der Waals surface area contributed by atoms with Gasteiger partial charge in [-0.1, -0.05) is 19.9 Å². The molecule has 3 heterocycles. The second-order valence-electron chi connectivity index (χ2n) is 6.17. The van der Waals surface area contributed by atoms with Crippen molar-refractivity contribution in [3.63, 3.8) is 0 Å². The molecule has 0 aromatic carbocycles. The van der Waals surface area contributed by atoms with Crippen LogP contribution in [0.4, 0.5) is 0 Å². The molecule has 2 aromatic heterocycles. The third-order valence-electron chi connectivity index (χ3n) is 3.89. The lowest BCUT2D eigenvalue weighted by atomic mass is 10.2. The van der Waals surface area contributed by atoms with Crippen molar-refractivity contribution in [2.75, 3.05) is 32.7 Å². The Labute approximate surface area is 121 Å². The monoisotopic (exact) mass is 272 g/mol. The van der Waals surface area contributed by atoms with Crippen LogP contribution < -0.4 is 0 Å². The van der Waals surface area contributed by atoms with E-state index in [2.05, 4.69) is 51.5 Å². The van der Waals surface area contributed by atoms with Gasteiger partial charge in [0.05, 0.1) is 5.69 Å². The van der Waals surface area contributed by atoms with Crippen LogP contribution in [0.2, 0.25) is 0 Å². The summed E-state index contributed by atoms with van der Waals surface area (Å²) in [6.45, 7) is 11.5. The molecule has 1 fully saturated rings. The third-order valence-corrected chi connectivity index (χ3v) is 3.89. The van der Waals surface area contributed by atoms with Crippen molar-refractivity contribution in [3.05, 3.63) is 36.3 Å². The van der Waals surface area contributed by atoms with Crippen LogP contribution in [0, 0.1) is 5.92 Å². The summed E-state index contributed by atoms with van der Waals surface area (Å²) in [5, 5.41) is 0. The molecule has 2 aromatic rings. The highest BCUT2D eigenvalue weighted by Gasteiger charge is 2.18. The van der Waals surface area contributed by atoms with E-state index in [0.717, 1.165) is 31.2 Å². The Hall–Kier alpha value is -1.39. The van der Waals surface area contributed by atoms with Crippen LogP contribution in [0.5, 0.6) is 0 Å². The van der Waals surface area contributed by atoms with Crippen LogP contribution >= 0.6 is 0 Å². The van der Waals surface area contributed by atoms with E-state index in [1.165, 1.54) is 25.3 Å². The number of rotatable bonds is 4. The summed E-state index contributed by atoms with van der Waals surface area (Å²) in [6.07, 6.45) is 4.21. The Bertz CT molecular complexity index is 519. The Morgan fingerprint density at radius 2 is 1.85 bits per heavy atom. The topological polar surface area (TPSA) is 23.8 Å². The van der Waals surface area contributed by atoms with Crippen molar-refractivity contribution in [2.45, 2.75) is 20.4 Å². The van der Waals surface area contributed by atoms with E-state index in [1.807, 2.05) is 12.1 Å². The first-order valence-electron chi connectivity index (χ1n) is 7.58. The Morgan fingerprint density at radius 3 is 2.55 bits per heavy atom. The molecule has 3 rings (SSSR count). The molecule has 1 aliphatic heterocycles. The molecule has 0 bridgehead atoms. The molecule has 0 spiro atoms. The third kappa shape index (κ3) is 3.19. The number of aromatic nitrogens is 2. The Kier molecular flexibility index (Phi) is 4.03. The summed E-state index contributed by atoms with van der Waals surface area (Å²) in [5.74, 6) is 0.764. The predicted octanol–water partition coefficient (Wildman–Crippen LogP) is 2.11. The number of imidazole rings is 1. The van der Waals surface area contributed by atoms with E-state index in [9.17, 15) is 0 Å². The van der Waals surface area contributed by atoms with Gasteiger partial charge in [0.15, 0.2) is 0 Å². The van der Waals surface area contributed by atoms with Crippen LogP contribution in [0.1, 0.15) is 19.5 Å². The van der Waals surface area contributed by atoms with Crippen LogP contribution in [-0.2, 0) is 6.54 Å². The fourth-order valence-corrected chi connectivity index (χ4v) is 2.94. The van der Waals surface area contributed by atoms with Gasteiger partial charge in [-0.05, 0) is 18.1 Å². The van der Waals surface area contributed by atoms with E-state index in [-0.39, 0.29) is 0 Å². The highest BCUT2D eigenvalue weighted by atomic mass is 15.3. The Morgan fingerprint density at radius 1 is 1.10 bits per heavy atom. The second-order valence-corrected chi connectivity index (χ2v) is 6.17. The lowest BCUT2D eigenvalue weighted by Gasteiger charge is -2.35. The number of fused-ring (bicyclic) bond motifs is 1. The van der Waals surface area contributed by atoms with Crippen molar-refractivity contribution >= 4 is 5.65 Å². The van der Waals surface area contributed by atoms with Crippen molar-refractivity contribution in [2.24, 2.45) is 5.92 Å². The van der Waals surface area contributed by atoms with Gasteiger partial charge < -0.3 is 9.30 Å². The standard InChI is InChI=1S/C16H24N4/c1-14(2)11-18-7-9-19(10-8-18)12-15-13-20-6-4-3-5-16(20)17-15/h3-6,13-14H,7-12H2,1-2H3. The number of hydrogen-bond donors (Lipinski definition) is 0. The first-order chi connectivity index (χ1) is 9.70. The van der Waals surface area contributed by atoms with Gasteiger partial charge in [0, 0.05) is 51.7 Å². The molecule has 1 aliphatic rings. The van der Waals surface area contributed by atoms with E-state index in [0.29, 0.717) is 0 Å². The average Bonchev–Trinajstić information content (AvgIpc) is 2.82. The smallest absolute Gasteiger partial charge is 0.137 e. The minimum Gasteiger partial charge on any atom is -0.307 e. The molecule has 4 nitrogen and oxygen atoms in total. The fraction of sp³-hybridized carbons (Fsp3) is 0.562. The maximum Gasteiger partial charge on any atom is 0.137 e. The maximum atomic E-state index is 4.68. The molecule has 0 amide bonds. The fourth-order valence-electron chi connectivity index (χ4n) is 2.94. The average molecular weight is 272 g/mol. The number of hydrogen-bond acceptors (Lipinski definition) is 3. The van der Waals surface area contributed by atoms with Gasteiger partial charge in [-0.15, -0.1) is 0 Å². The van der Waals surface area contributed by atoms with Gasteiger partial charge in [0.2, 0.25) is 0 Å². The van der Waals surface area contributed by atoms with Gasteiger partial charge in [-0.3, -0.25) is 4.90 Å². The summed E-state index contributed by atoms with van der Waals surface area (Å²) < 4.78 is 2.10. The second kappa shape index (κ2) is 5.94. The summed E-state index contributed by atoms with van der Waals surface area (Å²) in [4.78, 5) is 9.77. The molecular weight excluding hydrogens is 248 g/mol.